The Morgan fingerprint density at radius 1 is 1.15 bits per heavy atom. The largest absolute Gasteiger partial charge is 0.353 e. The lowest BCUT2D eigenvalue weighted by atomic mass is 10.1. The van der Waals surface area contributed by atoms with Gasteiger partial charge in [-0.1, -0.05) is 19.1 Å². The average molecular weight is 271 g/mol. The molecule has 5 nitrogen and oxygen atoms in total. The summed E-state index contributed by atoms with van der Waals surface area (Å²) in [7, 11) is 0. The minimum atomic E-state index is -0.240. The van der Waals surface area contributed by atoms with E-state index >= 15 is 0 Å². The molecule has 0 spiro atoms. The van der Waals surface area contributed by atoms with Gasteiger partial charge in [0, 0.05) is 12.2 Å². The molecule has 104 valence electrons. The van der Waals surface area contributed by atoms with E-state index in [2.05, 4.69) is 6.92 Å². The highest BCUT2D eigenvalue weighted by Gasteiger charge is 2.30. The van der Waals surface area contributed by atoms with Gasteiger partial charge in [-0.05, 0) is 24.1 Å². The molecule has 1 aromatic rings. The molecule has 0 unspecified atom stereocenters. The van der Waals surface area contributed by atoms with Crippen LogP contribution in [0, 0.1) is 11.3 Å². The Labute approximate surface area is 118 Å². The topological polar surface area (TPSA) is 64.4 Å². The summed E-state index contributed by atoms with van der Waals surface area (Å²) in [5.74, 6) is -0.480. The third-order valence-electron chi connectivity index (χ3n) is 3.41. The summed E-state index contributed by atoms with van der Waals surface area (Å²) in [5, 5.41) is 8.54. The van der Waals surface area contributed by atoms with E-state index in [4.69, 9.17) is 5.26 Å². The van der Waals surface area contributed by atoms with Crippen molar-refractivity contribution in [2.24, 2.45) is 0 Å². The maximum Gasteiger partial charge on any atom is 0.248 e. The molecule has 0 radical (unpaired) electrons. The normalized spacial score (nSPS) is 15.4. The fourth-order valence-electron chi connectivity index (χ4n) is 2.23. The summed E-state index contributed by atoms with van der Waals surface area (Å²) < 4.78 is 0. The van der Waals surface area contributed by atoms with Crippen LogP contribution in [0.3, 0.4) is 0 Å². The zero-order valence-corrected chi connectivity index (χ0v) is 11.5. The van der Waals surface area contributed by atoms with Gasteiger partial charge in [0.2, 0.25) is 11.8 Å². The second-order valence-corrected chi connectivity index (χ2v) is 4.72. The molecule has 0 atom stereocenters. The van der Waals surface area contributed by atoms with Crippen molar-refractivity contribution >= 4 is 17.5 Å². The minimum absolute atomic E-state index is 0.183. The van der Waals surface area contributed by atoms with Gasteiger partial charge in [-0.25, -0.2) is 0 Å². The van der Waals surface area contributed by atoms with E-state index in [0.717, 1.165) is 12.1 Å². The molecule has 1 aliphatic heterocycles. The first-order valence-corrected chi connectivity index (χ1v) is 6.69. The van der Waals surface area contributed by atoms with Crippen molar-refractivity contribution in [1.29, 1.82) is 5.26 Å². The smallest absolute Gasteiger partial charge is 0.248 e. The molecule has 1 saturated heterocycles. The average Bonchev–Trinajstić information content (AvgIpc) is 2.46. The van der Waals surface area contributed by atoms with Gasteiger partial charge in [0.05, 0.1) is 25.6 Å². The molecular weight excluding hydrogens is 254 g/mol. The molecule has 0 aliphatic carbocycles. The first kappa shape index (κ1) is 14.1. The van der Waals surface area contributed by atoms with Crippen LogP contribution >= 0.6 is 0 Å². The van der Waals surface area contributed by atoms with Crippen molar-refractivity contribution in [2.45, 2.75) is 19.8 Å². The number of nitrogens with zero attached hydrogens (tertiary/aromatic N) is 3. The van der Waals surface area contributed by atoms with E-state index in [-0.39, 0.29) is 37.9 Å². The van der Waals surface area contributed by atoms with Crippen LogP contribution in [-0.2, 0) is 16.0 Å². The number of anilines is 1. The molecule has 2 rings (SSSR count). The third-order valence-corrected chi connectivity index (χ3v) is 3.41. The van der Waals surface area contributed by atoms with Gasteiger partial charge in [0.1, 0.15) is 0 Å². The lowest BCUT2D eigenvalue weighted by molar-refractivity contribution is -0.145. The Bertz CT molecular complexity index is 527. The van der Waals surface area contributed by atoms with Crippen molar-refractivity contribution in [1.82, 2.24) is 4.90 Å². The van der Waals surface area contributed by atoms with Crippen LogP contribution in [0.5, 0.6) is 0 Å². The van der Waals surface area contributed by atoms with Gasteiger partial charge >= 0.3 is 0 Å². The molecule has 20 heavy (non-hydrogen) atoms. The quantitative estimate of drug-likeness (QED) is 0.775. The molecule has 1 aromatic carbocycles. The number of amides is 2. The van der Waals surface area contributed by atoms with Crippen LogP contribution < -0.4 is 4.90 Å². The number of carbonyl (C=O) groups excluding carboxylic acids is 2. The molecule has 5 heteroatoms. The number of piperazine rings is 1. The van der Waals surface area contributed by atoms with Gasteiger partial charge in [0.25, 0.3) is 0 Å². The minimum Gasteiger partial charge on any atom is -0.353 e. The number of hydrogen-bond acceptors (Lipinski definition) is 4. The summed E-state index contributed by atoms with van der Waals surface area (Å²) in [4.78, 5) is 26.9. The SMILES string of the molecule is CCc1ccc(N2CC(=O)N(CCC#N)C(=O)C2)cc1. The maximum absolute atomic E-state index is 12.0. The van der Waals surface area contributed by atoms with Crippen molar-refractivity contribution < 1.29 is 9.59 Å². The molecule has 2 amide bonds. The lowest BCUT2D eigenvalue weighted by Gasteiger charge is -2.33. The van der Waals surface area contributed by atoms with Crippen LogP contribution in [0.2, 0.25) is 0 Å². The zero-order chi connectivity index (χ0) is 14.5. The number of aryl methyl sites for hydroxylation is 1. The van der Waals surface area contributed by atoms with Gasteiger partial charge < -0.3 is 4.90 Å². The number of hydrogen-bond donors (Lipinski definition) is 0. The molecular formula is C15H17N3O2. The molecule has 1 fully saturated rings. The van der Waals surface area contributed by atoms with Crippen LogP contribution in [-0.4, -0.2) is 36.3 Å². The van der Waals surface area contributed by atoms with E-state index in [9.17, 15) is 9.59 Å². The van der Waals surface area contributed by atoms with Gasteiger partial charge in [-0.2, -0.15) is 5.26 Å². The summed E-state index contributed by atoms with van der Waals surface area (Å²) in [6.45, 7) is 2.64. The molecule has 0 saturated carbocycles. The second-order valence-electron chi connectivity index (χ2n) is 4.72. The summed E-state index contributed by atoms with van der Waals surface area (Å²) in [5.41, 5.74) is 2.10. The van der Waals surface area contributed by atoms with Crippen LogP contribution in [0.1, 0.15) is 18.9 Å². The second kappa shape index (κ2) is 6.20. The van der Waals surface area contributed by atoms with Crippen molar-refractivity contribution in [3.8, 4) is 6.07 Å². The van der Waals surface area contributed by atoms with Crippen molar-refractivity contribution in [3.63, 3.8) is 0 Å². The Morgan fingerprint density at radius 2 is 1.75 bits per heavy atom. The third kappa shape index (κ3) is 2.97. The number of benzene rings is 1. The van der Waals surface area contributed by atoms with Gasteiger partial charge in [-0.15, -0.1) is 0 Å². The lowest BCUT2D eigenvalue weighted by Crippen LogP contribution is -2.54. The Hall–Kier alpha value is -2.35. The van der Waals surface area contributed by atoms with E-state index in [0.29, 0.717) is 0 Å². The molecule has 1 aliphatic rings. The predicted molar refractivity (Wildman–Crippen MR) is 75.0 cm³/mol. The number of rotatable bonds is 4. The number of nitriles is 1. The van der Waals surface area contributed by atoms with Crippen LogP contribution in [0.15, 0.2) is 24.3 Å². The van der Waals surface area contributed by atoms with Crippen molar-refractivity contribution in [2.75, 3.05) is 24.5 Å². The van der Waals surface area contributed by atoms with E-state index in [1.165, 1.54) is 10.5 Å². The molecule has 0 aromatic heterocycles. The molecule has 1 heterocycles. The predicted octanol–water partition coefficient (Wildman–Crippen LogP) is 1.34. The van der Waals surface area contributed by atoms with E-state index < -0.39 is 0 Å². The Kier molecular flexibility index (Phi) is 4.36. The standard InChI is InChI=1S/C15H17N3O2/c1-2-12-4-6-13(7-5-12)17-10-14(19)18(9-3-8-16)15(20)11-17/h4-7H,2-3,9-11H2,1H3. The summed E-state index contributed by atoms with van der Waals surface area (Å²) in [6.07, 6.45) is 1.14. The highest BCUT2D eigenvalue weighted by Crippen LogP contribution is 2.18. The number of carbonyl (C=O) groups is 2. The highest BCUT2D eigenvalue weighted by molar-refractivity contribution is 6.02. The highest BCUT2D eigenvalue weighted by atomic mass is 16.2. The summed E-state index contributed by atoms with van der Waals surface area (Å²) >= 11 is 0. The summed E-state index contributed by atoms with van der Waals surface area (Å²) in [6, 6.07) is 9.83. The maximum atomic E-state index is 12.0. The van der Waals surface area contributed by atoms with Crippen molar-refractivity contribution in [3.05, 3.63) is 29.8 Å². The number of imide groups is 1. The molecule has 0 bridgehead atoms. The fraction of sp³-hybridized carbons (Fsp3) is 0.400. The Balaban J connectivity index is 2.08. The van der Waals surface area contributed by atoms with Crippen LogP contribution in [0.25, 0.3) is 0 Å². The fourth-order valence-corrected chi connectivity index (χ4v) is 2.23. The first-order chi connectivity index (χ1) is 9.65. The monoisotopic (exact) mass is 271 g/mol. The van der Waals surface area contributed by atoms with Gasteiger partial charge in [-0.3, -0.25) is 14.5 Å². The van der Waals surface area contributed by atoms with Crippen LogP contribution in [0.4, 0.5) is 5.69 Å². The molecule has 0 N–H and O–H groups in total. The zero-order valence-electron chi connectivity index (χ0n) is 11.5. The first-order valence-electron chi connectivity index (χ1n) is 6.69. The van der Waals surface area contributed by atoms with Gasteiger partial charge in [0.15, 0.2) is 0 Å². The Morgan fingerprint density at radius 3 is 2.25 bits per heavy atom. The van der Waals surface area contributed by atoms with E-state index in [1.54, 1.807) is 4.90 Å². The van der Waals surface area contributed by atoms with E-state index in [1.807, 2.05) is 30.3 Å².